The molecular weight excluding hydrogens is 406 g/mol. The second-order valence-corrected chi connectivity index (χ2v) is 6.46. The molecular formula is C17H10Cl3FN2O3. The van der Waals surface area contributed by atoms with Crippen LogP contribution in [0.3, 0.4) is 0 Å². The SMILES string of the molecule is O=C(O)COc1cc(-c2ccc(Cl)cc2F)n(-c2ccc(Cl)cc2Cl)n1. The summed E-state index contributed by atoms with van der Waals surface area (Å²) >= 11 is 18.0. The Morgan fingerprint density at radius 1 is 1.12 bits per heavy atom. The molecule has 0 aliphatic rings. The number of hydrogen-bond donors (Lipinski definition) is 1. The van der Waals surface area contributed by atoms with Crippen molar-refractivity contribution in [3.05, 3.63) is 63.3 Å². The molecule has 1 heterocycles. The van der Waals surface area contributed by atoms with Crippen LogP contribution in [0.25, 0.3) is 16.9 Å². The predicted molar refractivity (Wildman–Crippen MR) is 97.1 cm³/mol. The molecule has 5 nitrogen and oxygen atoms in total. The Kier molecular flexibility index (Phi) is 5.36. The van der Waals surface area contributed by atoms with Gasteiger partial charge in [0, 0.05) is 21.7 Å². The van der Waals surface area contributed by atoms with Crippen molar-refractivity contribution in [3.63, 3.8) is 0 Å². The summed E-state index contributed by atoms with van der Waals surface area (Å²) in [4.78, 5) is 10.7. The first-order valence-electron chi connectivity index (χ1n) is 7.20. The molecule has 0 bridgehead atoms. The van der Waals surface area contributed by atoms with Gasteiger partial charge in [-0.2, -0.15) is 0 Å². The first-order chi connectivity index (χ1) is 12.3. The fourth-order valence-corrected chi connectivity index (χ4v) is 2.94. The van der Waals surface area contributed by atoms with E-state index in [1.54, 1.807) is 12.1 Å². The number of benzene rings is 2. The summed E-state index contributed by atoms with van der Waals surface area (Å²) in [5.41, 5.74) is 0.924. The van der Waals surface area contributed by atoms with E-state index in [2.05, 4.69) is 5.10 Å². The molecule has 0 atom stereocenters. The average Bonchev–Trinajstić information content (AvgIpc) is 2.96. The standard InChI is InChI=1S/C17H10Cl3FN2O3/c18-9-2-4-14(12(20)5-9)23-15(7-16(22-23)26-8-17(24)25)11-3-1-10(19)6-13(11)21/h1-7H,8H2,(H,24,25). The Balaban J connectivity index is 2.16. The first-order valence-corrected chi connectivity index (χ1v) is 8.34. The number of aromatic nitrogens is 2. The largest absolute Gasteiger partial charge is 0.479 e. The zero-order valence-electron chi connectivity index (χ0n) is 12.9. The van der Waals surface area contributed by atoms with Gasteiger partial charge in [-0.1, -0.05) is 34.8 Å². The van der Waals surface area contributed by atoms with E-state index in [1.165, 1.54) is 28.9 Å². The van der Waals surface area contributed by atoms with E-state index >= 15 is 0 Å². The fourth-order valence-electron chi connectivity index (χ4n) is 2.29. The normalized spacial score (nSPS) is 10.8. The van der Waals surface area contributed by atoms with E-state index in [9.17, 15) is 9.18 Å². The zero-order chi connectivity index (χ0) is 18.8. The van der Waals surface area contributed by atoms with Crippen LogP contribution in [-0.4, -0.2) is 27.5 Å². The van der Waals surface area contributed by atoms with Crippen LogP contribution in [-0.2, 0) is 4.79 Å². The van der Waals surface area contributed by atoms with Gasteiger partial charge in [-0.05, 0) is 36.4 Å². The molecule has 134 valence electrons. The van der Waals surface area contributed by atoms with Crippen LogP contribution >= 0.6 is 34.8 Å². The minimum Gasteiger partial charge on any atom is -0.479 e. The van der Waals surface area contributed by atoms with Gasteiger partial charge >= 0.3 is 5.97 Å². The minimum absolute atomic E-state index is 0.00256. The molecule has 1 N–H and O–H groups in total. The van der Waals surface area contributed by atoms with Gasteiger partial charge in [0.1, 0.15) is 5.82 Å². The maximum atomic E-state index is 14.4. The topological polar surface area (TPSA) is 64.3 Å². The van der Waals surface area contributed by atoms with Gasteiger partial charge in [-0.3, -0.25) is 0 Å². The lowest BCUT2D eigenvalue weighted by Gasteiger charge is -2.10. The average molecular weight is 416 g/mol. The third-order valence-electron chi connectivity index (χ3n) is 3.38. The van der Waals surface area contributed by atoms with Crippen molar-refractivity contribution < 1.29 is 19.0 Å². The summed E-state index contributed by atoms with van der Waals surface area (Å²) in [6, 6.07) is 10.3. The van der Waals surface area contributed by atoms with Gasteiger partial charge in [0.15, 0.2) is 6.61 Å². The maximum absolute atomic E-state index is 14.4. The number of aliphatic carboxylic acids is 1. The molecule has 0 fully saturated rings. The molecule has 0 radical (unpaired) electrons. The third-order valence-corrected chi connectivity index (χ3v) is 4.15. The molecule has 3 aromatic rings. The Hall–Kier alpha value is -2.28. The van der Waals surface area contributed by atoms with Crippen molar-refractivity contribution in [2.75, 3.05) is 6.61 Å². The van der Waals surface area contributed by atoms with Crippen molar-refractivity contribution in [1.29, 1.82) is 0 Å². The smallest absolute Gasteiger partial charge is 0.341 e. The Labute approximate surface area is 162 Å². The Morgan fingerprint density at radius 2 is 1.81 bits per heavy atom. The second kappa shape index (κ2) is 7.53. The van der Waals surface area contributed by atoms with Crippen molar-refractivity contribution >= 4 is 40.8 Å². The second-order valence-electron chi connectivity index (χ2n) is 5.18. The summed E-state index contributed by atoms with van der Waals surface area (Å²) < 4.78 is 20.9. The number of ether oxygens (including phenoxy) is 1. The van der Waals surface area contributed by atoms with Gasteiger partial charge in [0.2, 0.25) is 5.88 Å². The van der Waals surface area contributed by atoms with E-state index in [4.69, 9.17) is 44.6 Å². The number of rotatable bonds is 5. The quantitative estimate of drug-likeness (QED) is 0.629. The van der Waals surface area contributed by atoms with Crippen LogP contribution in [0.5, 0.6) is 5.88 Å². The van der Waals surface area contributed by atoms with Crippen LogP contribution in [0.2, 0.25) is 15.1 Å². The lowest BCUT2D eigenvalue weighted by Crippen LogP contribution is -2.10. The van der Waals surface area contributed by atoms with Crippen molar-refractivity contribution in [2.45, 2.75) is 0 Å². The van der Waals surface area contributed by atoms with Gasteiger partial charge in [-0.15, -0.1) is 5.10 Å². The summed E-state index contributed by atoms with van der Waals surface area (Å²) in [7, 11) is 0. The molecule has 0 spiro atoms. The van der Waals surface area contributed by atoms with Crippen LogP contribution in [0.4, 0.5) is 4.39 Å². The molecule has 0 saturated heterocycles. The van der Waals surface area contributed by atoms with E-state index in [-0.39, 0.29) is 21.5 Å². The molecule has 3 rings (SSSR count). The van der Waals surface area contributed by atoms with Gasteiger partial charge in [0.05, 0.1) is 16.4 Å². The van der Waals surface area contributed by atoms with Crippen LogP contribution < -0.4 is 4.74 Å². The third kappa shape index (κ3) is 3.93. The van der Waals surface area contributed by atoms with Crippen LogP contribution in [0.15, 0.2) is 42.5 Å². The molecule has 0 aliphatic heterocycles. The summed E-state index contributed by atoms with van der Waals surface area (Å²) in [5.74, 6) is -1.74. The molecule has 9 heteroatoms. The van der Waals surface area contributed by atoms with Gasteiger partial charge < -0.3 is 9.84 Å². The van der Waals surface area contributed by atoms with Crippen molar-refractivity contribution in [3.8, 4) is 22.8 Å². The van der Waals surface area contributed by atoms with E-state index in [1.807, 2.05) is 0 Å². The van der Waals surface area contributed by atoms with E-state index in [0.717, 1.165) is 6.07 Å². The molecule has 0 saturated carbocycles. The van der Waals surface area contributed by atoms with E-state index < -0.39 is 18.4 Å². The monoisotopic (exact) mass is 414 g/mol. The number of carboxylic acid groups (broad SMARTS) is 1. The van der Waals surface area contributed by atoms with Crippen LogP contribution in [0.1, 0.15) is 0 Å². The highest BCUT2D eigenvalue weighted by atomic mass is 35.5. The summed E-state index contributed by atoms with van der Waals surface area (Å²) in [5, 5.41) is 13.9. The highest BCUT2D eigenvalue weighted by Crippen LogP contribution is 2.33. The zero-order valence-corrected chi connectivity index (χ0v) is 15.2. The number of halogens is 4. The molecule has 26 heavy (non-hydrogen) atoms. The molecule has 0 aliphatic carbocycles. The lowest BCUT2D eigenvalue weighted by atomic mass is 10.1. The number of carboxylic acids is 1. The Morgan fingerprint density at radius 3 is 2.46 bits per heavy atom. The van der Waals surface area contributed by atoms with Gasteiger partial charge in [0.25, 0.3) is 0 Å². The fraction of sp³-hybridized carbons (Fsp3) is 0.0588. The highest BCUT2D eigenvalue weighted by Gasteiger charge is 2.18. The number of nitrogens with zero attached hydrogens (tertiary/aromatic N) is 2. The summed E-state index contributed by atoms with van der Waals surface area (Å²) in [6.07, 6.45) is 0. The van der Waals surface area contributed by atoms with Crippen molar-refractivity contribution in [2.24, 2.45) is 0 Å². The molecule has 0 unspecified atom stereocenters. The lowest BCUT2D eigenvalue weighted by molar-refractivity contribution is -0.139. The maximum Gasteiger partial charge on any atom is 0.341 e. The van der Waals surface area contributed by atoms with Crippen molar-refractivity contribution in [1.82, 2.24) is 9.78 Å². The number of carbonyl (C=O) groups is 1. The molecule has 2 aromatic carbocycles. The number of hydrogen-bond acceptors (Lipinski definition) is 3. The highest BCUT2D eigenvalue weighted by molar-refractivity contribution is 6.35. The van der Waals surface area contributed by atoms with Crippen LogP contribution in [0, 0.1) is 5.82 Å². The molecule has 1 aromatic heterocycles. The minimum atomic E-state index is -1.16. The Bertz CT molecular complexity index is 922. The first kappa shape index (κ1) is 18.5. The summed E-state index contributed by atoms with van der Waals surface area (Å²) in [6.45, 7) is -0.589. The molecule has 0 amide bonds. The predicted octanol–water partition coefficient (Wildman–Crippen LogP) is 5.10. The van der Waals surface area contributed by atoms with Gasteiger partial charge in [-0.25, -0.2) is 13.9 Å². The van der Waals surface area contributed by atoms with E-state index in [0.29, 0.717) is 16.4 Å².